The van der Waals surface area contributed by atoms with E-state index in [9.17, 15) is 10.2 Å². The van der Waals surface area contributed by atoms with Gasteiger partial charge in [0.25, 0.3) is 0 Å². The molecule has 4 fully saturated rings. The topological polar surface area (TPSA) is 58.9 Å². The van der Waals surface area contributed by atoms with Gasteiger partial charge in [0.05, 0.1) is 25.4 Å². The lowest BCUT2D eigenvalue weighted by Crippen LogP contribution is -2.50. The Kier molecular flexibility index (Phi) is 2.68. The van der Waals surface area contributed by atoms with Crippen LogP contribution < -0.4 is 0 Å². The summed E-state index contributed by atoms with van der Waals surface area (Å²) < 4.78 is 12.5. The van der Waals surface area contributed by atoms with Crippen LogP contribution in [0.2, 0.25) is 0 Å². The molecule has 3 aliphatic carbocycles. The minimum atomic E-state index is -0.906. The van der Waals surface area contributed by atoms with Crippen LogP contribution in [0.25, 0.3) is 0 Å². The van der Waals surface area contributed by atoms with E-state index in [1.54, 1.807) is 0 Å². The zero-order valence-electron chi connectivity index (χ0n) is 12.5. The number of ether oxygens (including phenoxy) is 2. The molecule has 0 bridgehead atoms. The van der Waals surface area contributed by atoms with E-state index in [2.05, 4.69) is 13.8 Å². The normalized spacial score (nSPS) is 51.6. The third-order valence-corrected chi connectivity index (χ3v) is 6.39. The monoisotopic (exact) mass is 282 g/mol. The maximum absolute atomic E-state index is 10.7. The number of hydrogen-bond acceptors (Lipinski definition) is 4. The van der Waals surface area contributed by atoms with Crippen molar-refractivity contribution in [1.82, 2.24) is 0 Å². The van der Waals surface area contributed by atoms with E-state index in [-0.39, 0.29) is 23.9 Å². The van der Waals surface area contributed by atoms with Gasteiger partial charge in [0.1, 0.15) is 0 Å². The molecular weight excluding hydrogens is 256 g/mol. The Balaban J connectivity index is 1.63. The number of hydrogen-bond donors (Lipinski definition) is 2. The minimum Gasteiger partial charge on any atom is -0.393 e. The van der Waals surface area contributed by atoms with Crippen molar-refractivity contribution in [3.8, 4) is 0 Å². The molecule has 1 aliphatic heterocycles. The van der Waals surface area contributed by atoms with Gasteiger partial charge in [0.15, 0.2) is 5.79 Å². The molecule has 20 heavy (non-hydrogen) atoms. The van der Waals surface area contributed by atoms with Crippen LogP contribution in [0.4, 0.5) is 0 Å². The molecule has 2 N–H and O–H groups in total. The van der Waals surface area contributed by atoms with Crippen molar-refractivity contribution in [2.45, 2.75) is 50.9 Å². The molecule has 4 heteroatoms. The van der Waals surface area contributed by atoms with Gasteiger partial charge in [0, 0.05) is 17.8 Å². The van der Waals surface area contributed by atoms with Gasteiger partial charge >= 0.3 is 0 Å². The summed E-state index contributed by atoms with van der Waals surface area (Å²) in [4.78, 5) is 0. The molecule has 0 unspecified atom stereocenters. The Morgan fingerprint density at radius 2 is 1.75 bits per heavy atom. The second-order valence-corrected chi connectivity index (χ2v) is 8.35. The lowest BCUT2D eigenvalue weighted by atomic mass is 9.87. The molecule has 4 nitrogen and oxygen atoms in total. The smallest absolute Gasteiger partial charge is 0.171 e. The molecule has 0 amide bonds. The molecule has 4 rings (SSSR count). The molecule has 0 aromatic heterocycles. The van der Waals surface area contributed by atoms with Gasteiger partial charge in [-0.1, -0.05) is 13.8 Å². The van der Waals surface area contributed by atoms with Crippen LogP contribution >= 0.6 is 0 Å². The molecule has 5 atom stereocenters. The van der Waals surface area contributed by atoms with Crippen molar-refractivity contribution < 1.29 is 19.7 Å². The SMILES string of the molecule is CC1(C)COC2(C[C@H]3CC[C@@H]4[C@H]3[C@H]2C[C@]4(O)CO)OC1. The van der Waals surface area contributed by atoms with Crippen molar-refractivity contribution >= 4 is 0 Å². The van der Waals surface area contributed by atoms with Crippen molar-refractivity contribution in [2.75, 3.05) is 19.8 Å². The van der Waals surface area contributed by atoms with Crippen LogP contribution in [-0.4, -0.2) is 41.4 Å². The Bertz CT molecular complexity index is 411. The number of rotatable bonds is 1. The second-order valence-electron chi connectivity index (χ2n) is 8.35. The Hall–Kier alpha value is -0.160. The molecular formula is C16H26O4. The molecule has 3 saturated carbocycles. The largest absolute Gasteiger partial charge is 0.393 e. The van der Waals surface area contributed by atoms with Crippen LogP contribution in [0.1, 0.15) is 39.5 Å². The first-order valence-corrected chi connectivity index (χ1v) is 8.00. The molecule has 1 heterocycles. The summed E-state index contributed by atoms with van der Waals surface area (Å²) in [6, 6.07) is 0. The number of fused-ring (bicyclic) bond motifs is 1. The summed E-state index contributed by atoms with van der Waals surface area (Å²) in [7, 11) is 0. The lowest BCUT2D eigenvalue weighted by Gasteiger charge is -2.45. The molecule has 1 spiro atoms. The zero-order chi connectivity index (χ0) is 14.2. The summed E-state index contributed by atoms with van der Waals surface area (Å²) >= 11 is 0. The van der Waals surface area contributed by atoms with Crippen molar-refractivity contribution in [1.29, 1.82) is 0 Å². The van der Waals surface area contributed by atoms with Gasteiger partial charge < -0.3 is 19.7 Å². The van der Waals surface area contributed by atoms with Crippen molar-refractivity contribution in [3.05, 3.63) is 0 Å². The van der Waals surface area contributed by atoms with E-state index in [1.165, 1.54) is 0 Å². The van der Waals surface area contributed by atoms with Crippen LogP contribution in [0, 0.1) is 29.1 Å². The predicted octanol–water partition coefficient (Wildman–Crippen LogP) is 1.55. The summed E-state index contributed by atoms with van der Waals surface area (Å²) in [6.45, 7) is 5.66. The molecule has 114 valence electrons. The van der Waals surface area contributed by atoms with E-state index in [0.717, 1.165) is 32.5 Å². The lowest BCUT2D eigenvalue weighted by molar-refractivity contribution is -0.317. The fraction of sp³-hybridized carbons (Fsp3) is 1.00. The fourth-order valence-electron chi connectivity index (χ4n) is 5.45. The van der Waals surface area contributed by atoms with E-state index >= 15 is 0 Å². The van der Waals surface area contributed by atoms with Gasteiger partial charge in [-0.3, -0.25) is 0 Å². The summed E-state index contributed by atoms with van der Waals surface area (Å²) in [6.07, 6.45) is 3.81. The fourth-order valence-corrected chi connectivity index (χ4v) is 5.45. The maximum Gasteiger partial charge on any atom is 0.171 e. The highest BCUT2D eigenvalue weighted by Gasteiger charge is 2.69. The van der Waals surface area contributed by atoms with Crippen molar-refractivity contribution in [2.24, 2.45) is 29.1 Å². The van der Waals surface area contributed by atoms with Crippen LogP contribution in [0.15, 0.2) is 0 Å². The van der Waals surface area contributed by atoms with Crippen LogP contribution in [0.3, 0.4) is 0 Å². The quantitative estimate of drug-likeness (QED) is 0.766. The summed E-state index contributed by atoms with van der Waals surface area (Å²) in [5.74, 6) is 1.10. The van der Waals surface area contributed by atoms with Gasteiger partial charge in [-0.2, -0.15) is 0 Å². The summed E-state index contributed by atoms with van der Waals surface area (Å²) in [5, 5.41) is 20.4. The molecule has 0 aromatic rings. The molecule has 1 saturated heterocycles. The highest BCUT2D eigenvalue weighted by molar-refractivity contribution is 5.15. The number of aliphatic hydroxyl groups is 2. The maximum atomic E-state index is 10.7. The first-order valence-electron chi connectivity index (χ1n) is 8.00. The van der Waals surface area contributed by atoms with E-state index in [1.807, 2.05) is 0 Å². The minimum absolute atomic E-state index is 0.0776. The Morgan fingerprint density at radius 1 is 1.05 bits per heavy atom. The standard InChI is InChI=1S/C16H26O4/c1-14(2)8-19-16(20-9-14)5-10-3-4-11-13(10)12(16)6-15(11,18)7-17/h10-13,17-18H,3-9H2,1-2H3/t10-,11-,12-,13+,15+/m1/s1. The van der Waals surface area contributed by atoms with E-state index in [4.69, 9.17) is 9.47 Å². The zero-order valence-corrected chi connectivity index (χ0v) is 12.5. The Labute approximate surface area is 120 Å². The first-order chi connectivity index (χ1) is 9.39. The predicted molar refractivity (Wildman–Crippen MR) is 72.9 cm³/mol. The van der Waals surface area contributed by atoms with Crippen LogP contribution in [-0.2, 0) is 9.47 Å². The van der Waals surface area contributed by atoms with Crippen LogP contribution in [0.5, 0.6) is 0 Å². The van der Waals surface area contributed by atoms with Gasteiger partial charge in [-0.25, -0.2) is 0 Å². The highest BCUT2D eigenvalue weighted by Crippen LogP contribution is 2.66. The van der Waals surface area contributed by atoms with E-state index < -0.39 is 11.4 Å². The van der Waals surface area contributed by atoms with E-state index in [0.29, 0.717) is 18.3 Å². The third-order valence-electron chi connectivity index (χ3n) is 6.39. The average molecular weight is 282 g/mol. The van der Waals surface area contributed by atoms with Gasteiger partial charge in [-0.15, -0.1) is 0 Å². The molecule has 0 radical (unpaired) electrons. The van der Waals surface area contributed by atoms with Crippen molar-refractivity contribution in [3.63, 3.8) is 0 Å². The highest BCUT2D eigenvalue weighted by atomic mass is 16.7. The van der Waals surface area contributed by atoms with Gasteiger partial charge in [-0.05, 0) is 37.0 Å². The number of aliphatic hydroxyl groups excluding tert-OH is 1. The second kappa shape index (κ2) is 3.97. The average Bonchev–Trinajstić information content (AvgIpc) is 3.02. The molecule has 4 aliphatic rings. The molecule has 0 aromatic carbocycles. The van der Waals surface area contributed by atoms with Gasteiger partial charge in [0.2, 0.25) is 0 Å². The third kappa shape index (κ3) is 1.62. The first kappa shape index (κ1) is 13.5. The Morgan fingerprint density at radius 3 is 2.40 bits per heavy atom. The summed E-state index contributed by atoms with van der Waals surface area (Å²) in [5.41, 5.74) is -0.828.